The number of carbonyl (C=O) groups is 1. The highest BCUT2D eigenvalue weighted by molar-refractivity contribution is 5.74. The average Bonchev–Trinajstić information content (AvgIpc) is 3.22. The van der Waals surface area contributed by atoms with Crippen LogP contribution in [0.25, 0.3) is 11.3 Å². The van der Waals surface area contributed by atoms with Crippen LogP contribution in [-0.4, -0.2) is 84.6 Å². The Kier molecular flexibility index (Phi) is 9.44. The summed E-state index contributed by atoms with van der Waals surface area (Å²) in [6, 6.07) is 14.6. The third-order valence-corrected chi connectivity index (χ3v) is 9.56. The number of methoxy groups -OCH3 is 1. The van der Waals surface area contributed by atoms with Gasteiger partial charge in [0.15, 0.2) is 0 Å². The molecule has 234 valence electrons. The Morgan fingerprint density at radius 3 is 2.70 bits per heavy atom. The number of carboxylic acids is 1. The van der Waals surface area contributed by atoms with Gasteiger partial charge in [0.1, 0.15) is 18.2 Å². The minimum Gasteiger partial charge on any atom is -0.488 e. The van der Waals surface area contributed by atoms with Gasteiger partial charge in [-0.2, -0.15) is 0 Å². The Morgan fingerprint density at radius 1 is 1.11 bits per heavy atom. The number of anilines is 1. The minimum atomic E-state index is -0.795. The molecular formula is C35H44N4O5. The van der Waals surface area contributed by atoms with Gasteiger partial charge < -0.3 is 24.2 Å². The molecule has 6 rings (SSSR count). The van der Waals surface area contributed by atoms with Crippen molar-refractivity contribution >= 4 is 11.8 Å². The van der Waals surface area contributed by atoms with E-state index in [0.29, 0.717) is 25.8 Å². The minimum absolute atomic E-state index is 0.0181. The molecule has 3 atom stereocenters. The van der Waals surface area contributed by atoms with Crippen LogP contribution in [0.5, 0.6) is 5.75 Å². The van der Waals surface area contributed by atoms with Crippen molar-refractivity contribution in [3.05, 3.63) is 71.0 Å². The van der Waals surface area contributed by atoms with Crippen molar-refractivity contribution in [3.63, 3.8) is 0 Å². The molecule has 9 heteroatoms. The van der Waals surface area contributed by atoms with Gasteiger partial charge in [-0.05, 0) is 67.5 Å². The van der Waals surface area contributed by atoms with E-state index in [-0.39, 0.29) is 12.0 Å². The molecule has 0 spiro atoms. The van der Waals surface area contributed by atoms with E-state index in [2.05, 4.69) is 28.9 Å². The van der Waals surface area contributed by atoms with Crippen molar-refractivity contribution in [2.75, 3.05) is 51.5 Å². The normalized spacial score (nSPS) is 22.9. The molecule has 3 aliphatic heterocycles. The standard InChI is InChI=1S/C35H44N4O5/c1-23-6-4-7-28(30-8-5-9-32(37-30)39-20-24(2)33(35(40)41)31(39)22-42-3)34(23)44-21-25-18-26-10-14-38(15-11-29(26)36-19-25)27-12-16-43-17-13-27/h4-9,18-19,24,27,31,33H,10-17,20-22H2,1-3H3,(H,40,41)/t24-,31+,33+/m0/s1. The van der Waals surface area contributed by atoms with Gasteiger partial charge in [0, 0.05) is 75.4 Å². The Labute approximate surface area is 260 Å². The maximum atomic E-state index is 12.1. The van der Waals surface area contributed by atoms with Gasteiger partial charge in [0.2, 0.25) is 0 Å². The predicted molar refractivity (Wildman–Crippen MR) is 169 cm³/mol. The van der Waals surface area contributed by atoms with Crippen molar-refractivity contribution in [2.24, 2.45) is 11.8 Å². The first kappa shape index (κ1) is 30.5. The lowest BCUT2D eigenvalue weighted by Gasteiger charge is -2.33. The number of hydrogen-bond donors (Lipinski definition) is 1. The van der Waals surface area contributed by atoms with Crippen molar-refractivity contribution in [1.29, 1.82) is 0 Å². The van der Waals surface area contributed by atoms with Gasteiger partial charge in [-0.3, -0.25) is 14.7 Å². The molecule has 9 nitrogen and oxygen atoms in total. The van der Waals surface area contributed by atoms with Crippen LogP contribution in [-0.2, 0) is 33.7 Å². The third-order valence-electron chi connectivity index (χ3n) is 9.56. The van der Waals surface area contributed by atoms with E-state index in [1.165, 1.54) is 11.3 Å². The summed E-state index contributed by atoms with van der Waals surface area (Å²) in [5.41, 5.74) is 6.32. The third kappa shape index (κ3) is 6.46. The number of pyridine rings is 2. The van der Waals surface area contributed by atoms with Crippen molar-refractivity contribution in [3.8, 4) is 17.0 Å². The molecule has 5 heterocycles. The molecule has 0 radical (unpaired) electrons. The Morgan fingerprint density at radius 2 is 1.91 bits per heavy atom. The first-order valence-electron chi connectivity index (χ1n) is 15.9. The number of hydrogen-bond acceptors (Lipinski definition) is 8. The molecule has 0 amide bonds. The number of rotatable bonds is 9. The zero-order valence-corrected chi connectivity index (χ0v) is 26.1. The highest BCUT2D eigenvalue weighted by Gasteiger charge is 2.44. The maximum Gasteiger partial charge on any atom is 0.309 e. The number of carboxylic acid groups (broad SMARTS) is 1. The van der Waals surface area contributed by atoms with Crippen molar-refractivity contribution in [2.45, 2.75) is 58.2 Å². The average molecular weight is 601 g/mol. The van der Waals surface area contributed by atoms with E-state index in [1.54, 1.807) is 7.11 Å². The number of nitrogens with zero attached hydrogens (tertiary/aromatic N) is 4. The molecule has 2 saturated heterocycles. The van der Waals surface area contributed by atoms with Crippen LogP contribution >= 0.6 is 0 Å². The Balaban J connectivity index is 1.19. The monoisotopic (exact) mass is 600 g/mol. The lowest BCUT2D eigenvalue weighted by molar-refractivity contribution is -0.143. The summed E-state index contributed by atoms with van der Waals surface area (Å²) in [5.74, 6) is 0.214. The number of para-hydroxylation sites is 1. The molecule has 2 aromatic heterocycles. The number of ether oxygens (including phenoxy) is 3. The Hall–Kier alpha value is -3.53. The Bertz CT molecular complexity index is 1460. The van der Waals surface area contributed by atoms with Crippen LogP contribution in [0.3, 0.4) is 0 Å². The number of aryl methyl sites for hydroxylation is 1. The highest BCUT2D eigenvalue weighted by atomic mass is 16.5. The van der Waals surface area contributed by atoms with Crippen LogP contribution in [0, 0.1) is 18.8 Å². The van der Waals surface area contributed by atoms with Gasteiger partial charge in [0.25, 0.3) is 0 Å². The lowest BCUT2D eigenvalue weighted by Crippen LogP contribution is -2.40. The fourth-order valence-corrected chi connectivity index (χ4v) is 7.25. The second-order valence-corrected chi connectivity index (χ2v) is 12.5. The van der Waals surface area contributed by atoms with Crippen LogP contribution in [0.1, 0.15) is 42.1 Å². The molecule has 0 saturated carbocycles. The number of fused-ring (bicyclic) bond motifs is 1. The molecule has 3 aliphatic rings. The van der Waals surface area contributed by atoms with Crippen LogP contribution in [0.15, 0.2) is 48.7 Å². The topological polar surface area (TPSA) is 97.2 Å². The van der Waals surface area contributed by atoms with Crippen LogP contribution in [0.2, 0.25) is 0 Å². The fourth-order valence-electron chi connectivity index (χ4n) is 7.25. The molecule has 0 unspecified atom stereocenters. The predicted octanol–water partition coefficient (Wildman–Crippen LogP) is 4.78. The lowest BCUT2D eigenvalue weighted by atomic mass is 9.92. The summed E-state index contributed by atoms with van der Waals surface area (Å²) in [6.45, 7) is 9.23. The number of aromatic nitrogens is 2. The molecule has 1 N–H and O–H groups in total. The van der Waals surface area contributed by atoms with E-state index < -0.39 is 11.9 Å². The highest BCUT2D eigenvalue weighted by Crippen LogP contribution is 2.37. The first-order valence-corrected chi connectivity index (χ1v) is 15.9. The maximum absolute atomic E-state index is 12.1. The molecule has 44 heavy (non-hydrogen) atoms. The summed E-state index contributed by atoms with van der Waals surface area (Å²) in [4.78, 5) is 26.7. The smallest absolute Gasteiger partial charge is 0.309 e. The molecular weight excluding hydrogens is 556 g/mol. The summed E-state index contributed by atoms with van der Waals surface area (Å²) < 4.78 is 17.5. The molecule has 1 aromatic carbocycles. The van der Waals surface area contributed by atoms with E-state index >= 15 is 0 Å². The zero-order chi connectivity index (χ0) is 30.6. The van der Waals surface area contributed by atoms with Gasteiger partial charge in [-0.15, -0.1) is 0 Å². The van der Waals surface area contributed by atoms with E-state index in [0.717, 1.165) is 85.9 Å². The van der Waals surface area contributed by atoms with Gasteiger partial charge >= 0.3 is 5.97 Å². The van der Waals surface area contributed by atoms with Gasteiger partial charge in [0.05, 0.1) is 24.3 Å². The summed E-state index contributed by atoms with van der Waals surface area (Å²) >= 11 is 0. The molecule has 0 bridgehead atoms. The SMILES string of the molecule is COC[C@@H]1[C@H](C(=O)O)[C@@H](C)CN1c1cccc(-c2cccc(C)c2OCc2cnc3c(c2)CCN(C2CCOCC2)CC3)n1. The van der Waals surface area contributed by atoms with Crippen molar-refractivity contribution < 1.29 is 24.1 Å². The van der Waals surface area contributed by atoms with E-state index in [1.807, 2.05) is 43.5 Å². The molecule has 0 aliphatic carbocycles. The number of benzene rings is 1. The largest absolute Gasteiger partial charge is 0.488 e. The number of aliphatic carboxylic acids is 1. The van der Waals surface area contributed by atoms with Crippen LogP contribution in [0.4, 0.5) is 5.82 Å². The fraction of sp³-hybridized carbons (Fsp3) is 0.514. The summed E-state index contributed by atoms with van der Waals surface area (Å²) in [7, 11) is 1.61. The van der Waals surface area contributed by atoms with E-state index in [4.69, 9.17) is 24.2 Å². The van der Waals surface area contributed by atoms with Crippen LogP contribution < -0.4 is 9.64 Å². The second kappa shape index (κ2) is 13.6. The van der Waals surface area contributed by atoms with Crippen molar-refractivity contribution in [1.82, 2.24) is 14.9 Å². The van der Waals surface area contributed by atoms with E-state index in [9.17, 15) is 9.90 Å². The van der Waals surface area contributed by atoms with Gasteiger partial charge in [-0.25, -0.2) is 4.98 Å². The zero-order valence-electron chi connectivity index (χ0n) is 26.1. The summed E-state index contributed by atoms with van der Waals surface area (Å²) in [6.07, 6.45) is 6.18. The second-order valence-electron chi connectivity index (χ2n) is 12.5. The molecule has 2 fully saturated rings. The van der Waals surface area contributed by atoms with Gasteiger partial charge in [-0.1, -0.05) is 25.1 Å². The molecule has 3 aromatic rings. The quantitative estimate of drug-likeness (QED) is 0.372. The first-order chi connectivity index (χ1) is 21.4. The summed E-state index contributed by atoms with van der Waals surface area (Å²) in [5, 5.41) is 9.91.